The lowest BCUT2D eigenvalue weighted by atomic mass is 10.2. The molecule has 5 nitrogen and oxygen atoms in total. The topological polar surface area (TPSA) is 73.7 Å². The largest absolute Gasteiger partial charge is 0.478 e. The minimum absolute atomic E-state index is 0.0788. The molecule has 0 aromatic carbocycles. The van der Waals surface area contributed by atoms with Gasteiger partial charge in [-0.15, -0.1) is 0 Å². The second kappa shape index (κ2) is 6.56. The first-order valence-electron chi connectivity index (χ1n) is 5.34. The Bertz CT molecular complexity index is 398. The molecule has 0 unspecified atom stereocenters. The van der Waals surface area contributed by atoms with Crippen molar-refractivity contribution in [3.8, 4) is 0 Å². The summed E-state index contributed by atoms with van der Waals surface area (Å²) in [7, 11) is 0. The summed E-state index contributed by atoms with van der Waals surface area (Å²) in [6.07, 6.45) is 2.16. The molecule has 1 heterocycles. The van der Waals surface area contributed by atoms with Crippen molar-refractivity contribution < 1.29 is 15.0 Å². The van der Waals surface area contributed by atoms with Crippen LogP contribution >= 0.6 is 15.9 Å². The van der Waals surface area contributed by atoms with Gasteiger partial charge in [-0.05, 0) is 35.3 Å². The van der Waals surface area contributed by atoms with Gasteiger partial charge in [-0.2, -0.15) is 0 Å². The first kappa shape index (κ1) is 13.9. The number of aliphatic hydroxyl groups excluding tert-OH is 1. The Balaban J connectivity index is 3.05. The van der Waals surface area contributed by atoms with Crippen molar-refractivity contribution in [1.82, 2.24) is 4.98 Å². The number of nitrogens with zero attached hydrogens (tertiary/aromatic N) is 2. The minimum Gasteiger partial charge on any atom is -0.478 e. The summed E-state index contributed by atoms with van der Waals surface area (Å²) >= 11 is 3.20. The number of hydrogen-bond acceptors (Lipinski definition) is 4. The Labute approximate surface area is 108 Å². The van der Waals surface area contributed by atoms with Crippen LogP contribution < -0.4 is 4.90 Å². The van der Waals surface area contributed by atoms with Crippen LogP contribution in [0.1, 0.15) is 23.7 Å². The zero-order valence-corrected chi connectivity index (χ0v) is 11.1. The Morgan fingerprint density at radius 1 is 1.59 bits per heavy atom. The molecule has 1 aromatic heterocycles. The molecular formula is C11H15BrN2O3. The van der Waals surface area contributed by atoms with Crippen LogP contribution in [0.2, 0.25) is 0 Å². The highest BCUT2D eigenvalue weighted by molar-refractivity contribution is 9.10. The maximum Gasteiger partial charge on any atom is 0.339 e. The lowest BCUT2D eigenvalue weighted by Gasteiger charge is -2.23. The minimum atomic E-state index is -1.00. The molecule has 0 amide bonds. The van der Waals surface area contributed by atoms with E-state index in [1.807, 2.05) is 11.8 Å². The van der Waals surface area contributed by atoms with Crippen LogP contribution in [0, 0.1) is 0 Å². The van der Waals surface area contributed by atoms with Crippen LogP contribution in [-0.2, 0) is 0 Å². The van der Waals surface area contributed by atoms with E-state index in [1.165, 1.54) is 6.07 Å². The van der Waals surface area contributed by atoms with E-state index in [0.29, 0.717) is 29.8 Å². The number of aliphatic hydroxyl groups is 1. The third-order valence-electron chi connectivity index (χ3n) is 2.33. The van der Waals surface area contributed by atoms with Crippen LogP contribution in [0.25, 0.3) is 0 Å². The molecule has 0 spiro atoms. The molecule has 0 saturated heterocycles. The zero-order chi connectivity index (χ0) is 12.8. The van der Waals surface area contributed by atoms with Gasteiger partial charge in [0.15, 0.2) is 0 Å². The second-order valence-corrected chi connectivity index (χ2v) is 4.40. The van der Waals surface area contributed by atoms with Gasteiger partial charge < -0.3 is 15.1 Å². The van der Waals surface area contributed by atoms with Crippen molar-refractivity contribution in [1.29, 1.82) is 0 Å². The maximum atomic E-state index is 11.1. The number of aromatic carboxylic acids is 1. The fraction of sp³-hybridized carbons (Fsp3) is 0.455. The summed E-state index contributed by atoms with van der Waals surface area (Å²) in [6, 6.07) is 1.53. The van der Waals surface area contributed by atoms with E-state index in [0.717, 1.165) is 0 Å². The third-order valence-corrected chi connectivity index (χ3v) is 2.76. The number of carboxylic acid groups (broad SMARTS) is 1. The third kappa shape index (κ3) is 3.67. The van der Waals surface area contributed by atoms with Crippen LogP contribution in [-0.4, -0.2) is 40.9 Å². The number of hydrogen-bond donors (Lipinski definition) is 2. The normalized spacial score (nSPS) is 10.3. The maximum absolute atomic E-state index is 11.1. The van der Waals surface area contributed by atoms with Crippen LogP contribution in [0.3, 0.4) is 0 Å². The van der Waals surface area contributed by atoms with Gasteiger partial charge in [-0.3, -0.25) is 0 Å². The predicted molar refractivity (Wildman–Crippen MR) is 68.5 cm³/mol. The van der Waals surface area contributed by atoms with E-state index in [4.69, 9.17) is 10.2 Å². The summed E-state index contributed by atoms with van der Waals surface area (Å²) in [5.41, 5.74) is 0.166. The molecule has 1 aromatic rings. The van der Waals surface area contributed by atoms with Crippen molar-refractivity contribution in [2.24, 2.45) is 0 Å². The highest BCUT2D eigenvalue weighted by Gasteiger charge is 2.16. The van der Waals surface area contributed by atoms with Crippen molar-refractivity contribution >= 4 is 27.7 Å². The summed E-state index contributed by atoms with van der Waals surface area (Å²) < 4.78 is 0.636. The lowest BCUT2D eigenvalue weighted by Crippen LogP contribution is -2.27. The van der Waals surface area contributed by atoms with Gasteiger partial charge in [0.05, 0.1) is 0 Å². The summed E-state index contributed by atoms with van der Waals surface area (Å²) in [6.45, 7) is 3.24. The molecule has 0 atom stereocenters. The Kier molecular flexibility index (Phi) is 5.37. The quantitative estimate of drug-likeness (QED) is 0.837. The molecule has 0 bridgehead atoms. The fourth-order valence-electron chi connectivity index (χ4n) is 1.52. The van der Waals surface area contributed by atoms with Gasteiger partial charge in [0, 0.05) is 30.4 Å². The number of pyridine rings is 1. The number of halogens is 1. The first-order valence-corrected chi connectivity index (χ1v) is 6.14. The van der Waals surface area contributed by atoms with Crippen molar-refractivity contribution in [3.05, 3.63) is 22.3 Å². The summed E-state index contributed by atoms with van der Waals surface area (Å²) in [5, 5.41) is 17.9. The van der Waals surface area contributed by atoms with Gasteiger partial charge in [0.25, 0.3) is 0 Å². The smallest absolute Gasteiger partial charge is 0.339 e. The summed E-state index contributed by atoms with van der Waals surface area (Å²) in [5.74, 6) is -0.562. The second-order valence-electron chi connectivity index (χ2n) is 3.49. The van der Waals surface area contributed by atoms with Gasteiger partial charge in [0.2, 0.25) is 0 Å². The van der Waals surface area contributed by atoms with Crippen LogP contribution in [0.15, 0.2) is 16.7 Å². The van der Waals surface area contributed by atoms with Crippen LogP contribution in [0.4, 0.5) is 5.82 Å². The van der Waals surface area contributed by atoms with Gasteiger partial charge in [-0.25, -0.2) is 9.78 Å². The zero-order valence-electron chi connectivity index (χ0n) is 9.56. The Hall–Kier alpha value is -1.14. The average molecular weight is 303 g/mol. The SMILES string of the molecule is CCN(CCCO)c1ncc(Br)cc1C(=O)O. The number of anilines is 1. The first-order chi connectivity index (χ1) is 8.10. The fourth-order valence-corrected chi connectivity index (χ4v) is 1.85. The molecule has 0 aliphatic rings. The highest BCUT2D eigenvalue weighted by Crippen LogP contribution is 2.21. The predicted octanol–water partition coefficient (Wildman–Crippen LogP) is 1.75. The summed E-state index contributed by atoms with van der Waals surface area (Å²) in [4.78, 5) is 17.1. The standard InChI is InChI=1S/C11H15BrN2O3/c1-2-14(4-3-5-15)10-9(11(16)17)6-8(12)7-13-10/h6-7,15H,2-5H2,1H3,(H,16,17). The van der Waals surface area contributed by atoms with Gasteiger partial charge in [0.1, 0.15) is 11.4 Å². The molecule has 2 N–H and O–H groups in total. The van der Waals surface area contributed by atoms with E-state index in [1.54, 1.807) is 6.20 Å². The molecule has 0 fully saturated rings. The number of rotatable bonds is 6. The van der Waals surface area contributed by atoms with Gasteiger partial charge in [-0.1, -0.05) is 0 Å². The number of carbonyl (C=O) groups is 1. The molecular weight excluding hydrogens is 288 g/mol. The van der Waals surface area contributed by atoms with Crippen molar-refractivity contribution in [2.75, 3.05) is 24.6 Å². The van der Waals surface area contributed by atoms with E-state index in [9.17, 15) is 4.79 Å². The molecule has 0 radical (unpaired) electrons. The monoisotopic (exact) mass is 302 g/mol. The van der Waals surface area contributed by atoms with Crippen molar-refractivity contribution in [2.45, 2.75) is 13.3 Å². The number of aromatic nitrogens is 1. The molecule has 0 aliphatic carbocycles. The van der Waals surface area contributed by atoms with Crippen LogP contribution in [0.5, 0.6) is 0 Å². The molecule has 94 valence electrons. The Morgan fingerprint density at radius 2 is 2.29 bits per heavy atom. The molecule has 0 saturated carbocycles. The van der Waals surface area contributed by atoms with E-state index < -0.39 is 5.97 Å². The average Bonchev–Trinajstić information content (AvgIpc) is 2.31. The van der Waals surface area contributed by atoms with E-state index >= 15 is 0 Å². The molecule has 0 aliphatic heterocycles. The molecule has 17 heavy (non-hydrogen) atoms. The molecule has 1 rings (SSSR count). The van der Waals surface area contributed by atoms with E-state index in [2.05, 4.69) is 20.9 Å². The van der Waals surface area contributed by atoms with Crippen molar-refractivity contribution in [3.63, 3.8) is 0 Å². The Morgan fingerprint density at radius 3 is 2.82 bits per heavy atom. The molecule has 6 heteroatoms. The van der Waals surface area contributed by atoms with E-state index in [-0.39, 0.29) is 12.2 Å². The number of carboxylic acids is 1. The lowest BCUT2D eigenvalue weighted by molar-refractivity contribution is 0.0697. The highest BCUT2D eigenvalue weighted by atomic mass is 79.9. The van der Waals surface area contributed by atoms with Gasteiger partial charge >= 0.3 is 5.97 Å².